The molecule has 6 aromatic rings. The molecule has 0 fully saturated rings. The summed E-state index contributed by atoms with van der Waals surface area (Å²) in [5.41, 5.74) is 3.68. The minimum Gasteiger partial charge on any atom is -0.457 e. The Bertz CT molecular complexity index is 1450. The van der Waals surface area contributed by atoms with Crippen LogP contribution in [0.15, 0.2) is 89.3 Å². The monoisotopic (exact) mass is 454 g/mol. The molecule has 3 nitrogen and oxygen atoms in total. The minimum atomic E-state index is -0.269. The third-order valence-corrected chi connectivity index (χ3v) is 7.23. The van der Waals surface area contributed by atoms with Gasteiger partial charge in [0.05, 0.1) is 26.0 Å². The van der Waals surface area contributed by atoms with Crippen LogP contribution in [0.3, 0.4) is 0 Å². The number of rotatable bonds is 4. The van der Waals surface area contributed by atoms with E-state index in [1.54, 1.807) is 34.8 Å². The number of hydrogen-bond acceptors (Lipinski definition) is 5. The molecular formula is C26H15FN2OS2. The van der Waals surface area contributed by atoms with Gasteiger partial charge in [-0.3, -0.25) is 0 Å². The van der Waals surface area contributed by atoms with Gasteiger partial charge >= 0.3 is 0 Å². The number of benzene rings is 3. The van der Waals surface area contributed by atoms with E-state index in [1.807, 2.05) is 54.6 Å². The highest BCUT2D eigenvalue weighted by Gasteiger charge is 2.17. The van der Waals surface area contributed by atoms with Crippen LogP contribution >= 0.6 is 22.7 Å². The largest absolute Gasteiger partial charge is 0.457 e. The quantitative estimate of drug-likeness (QED) is 0.272. The predicted molar refractivity (Wildman–Crippen MR) is 130 cm³/mol. The van der Waals surface area contributed by atoms with Crippen LogP contribution in [0.5, 0.6) is 0 Å². The second-order valence-electron chi connectivity index (χ2n) is 7.24. The maximum atomic E-state index is 13.3. The van der Waals surface area contributed by atoms with E-state index < -0.39 is 0 Å². The van der Waals surface area contributed by atoms with E-state index in [1.165, 1.54) is 12.1 Å². The molecule has 0 aliphatic heterocycles. The molecule has 0 atom stereocenters. The standard InChI is InChI=1S/C26H15FN2OS2/c27-17-11-9-16(10-12-17)22-14-13-18(30-22)15-19(25-28-20-5-1-3-7-23(20)31-25)26-29-21-6-2-4-8-24(21)32-26/h1-15H. The number of halogens is 1. The number of furan rings is 1. The van der Waals surface area contributed by atoms with Crippen molar-refractivity contribution in [3.05, 3.63) is 107 Å². The van der Waals surface area contributed by atoms with E-state index in [4.69, 9.17) is 14.4 Å². The molecule has 0 bridgehead atoms. The van der Waals surface area contributed by atoms with Crippen LogP contribution in [0.1, 0.15) is 15.8 Å². The summed E-state index contributed by atoms with van der Waals surface area (Å²) in [5, 5.41) is 1.79. The second-order valence-corrected chi connectivity index (χ2v) is 9.30. The summed E-state index contributed by atoms with van der Waals surface area (Å²) in [5.74, 6) is 1.11. The molecule has 0 aliphatic rings. The van der Waals surface area contributed by atoms with Crippen LogP contribution in [0.2, 0.25) is 0 Å². The number of fused-ring (bicyclic) bond motifs is 2. The zero-order valence-corrected chi connectivity index (χ0v) is 18.3. The van der Waals surface area contributed by atoms with Crippen molar-refractivity contribution in [3.63, 3.8) is 0 Å². The van der Waals surface area contributed by atoms with Crippen LogP contribution in [0, 0.1) is 5.82 Å². The van der Waals surface area contributed by atoms with Gasteiger partial charge in [-0.2, -0.15) is 0 Å². The van der Waals surface area contributed by atoms with Crippen molar-refractivity contribution in [1.29, 1.82) is 0 Å². The zero-order chi connectivity index (χ0) is 21.5. The van der Waals surface area contributed by atoms with Gasteiger partial charge in [-0.15, -0.1) is 22.7 Å². The van der Waals surface area contributed by atoms with Gasteiger partial charge in [-0.1, -0.05) is 24.3 Å². The second kappa shape index (κ2) is 7.82. The van der Waals surface area contributed by atoms with Gasteiger partial charge in [-0.25, -0.2) is 14.4 Å². The lowest BCUT2D eigenvalue weighted by atomic mass is 10.2. The van der Waals surface area contributed by atoms with E-state index in [0.29, 0.717) is 11.5 Å². The van der Waals surface area contributed by atoms with Crippen molar-refractivity contribution >= 4 is 54.8 Å². The fourth-order valence-corrected chi connectivity index (χ4v) is 5.56. The number of nitrogens with zero attached hydrogens (tertiary/aromatic N) is 2. The first-order chi connectivity index (χ1) is 15.7. The molecule has 6 rings (SSSR count). The van der Waals surface area contributed by atoms with Gasteiger partial charge in [0.2, 0.25) is 0 Å². The summed E-state index contributed by atoms with van der Waals surface area (Å²) < 4.78 is 21.6. The lowest BCUT2D eigenvalue weighted by molar-refractivity contribution is 0.571. The molecule has 0 radical (unpaired) electrons. The van der Waals surface area contributed by atoms with Gasteiger partial charge < -0.3 is 4.42 Å². The van der Waals surface area contributed by atoms with Crippen LogP contribution in [-0.4, -0.2) is 9.97 Å². The highest BCUT2D eigenvalue weighted by Crippen LogP contribution is 2.37. The fraction of sp³-hybridized carbons (Fsp3) is 0. The zero-order valence-electron chi connectivity index (χ0n) is 16.7. The maximum Gasteiger partial charge on any atom is 0.134 e. The van der Waals surface area contributed by atoms with Crippen molar-refractivity contribution in [3.8, 4) is 11.3 Å². The average molecular weight is 455 g/mol. The van der Waals surface area contributed by atoms with Gasteiger partial charge in [0.25, 0.3) is 0 Å². The molecule has 0 amide bonds. The summed E-state index contributed by atoms with van der Waals surface area (Å²) in [6.07, 6.45) is 1.99. The van der Waals surface area contributed by atoms with Crippen molar-refractivity contribution in [1.82, 2.24) is 9.97 Å². The molecule has 6 heteroatoms. The molecule has 3 heterocycles. The highest BCUT2D eigenvalue weighted by atomic mass is 32.1. The Morgan fingerprint density at radius 1 is 0.719 bits per heavy atom. The highest BCUT2D eigenvalue weighted by molar-refractivity contribution is 7.22. The average Bonchev–Trinajstić information content (AvgIpc) is 3.55. The van der Waals surface area contributed by atoms with Crippen LogP contribution in [0.4, 0.5) is 4.39 Å². The third-order valence-electron chi connectivity index (χ3n) is 5.09. The molecule has 0 saturated heterocycles. The smallest absolute Gasteiger partial charge is 0.134 e. The summed E-state index contributed by atoms with van der Waals surface area (Å²) >= 11 is 3.28. The Kier molecular flexibility index (Phi) is 4.67. The molecule has 3 aromatic heterocycles. The SMILES string of the molecule is Fc1ccc(-c2ccc(C=C(c3nc4ccccc4s3)c3nc4ccccc4s3)o2)cc1. The number of hydrogen-bond donors (Lipinski definition) is 0. The summed E-state index contributed by atoms with van der Waals surface area (Å²) in [6.45, 7) is 0. The van der Waals surface area contributed by atoms with Gasteiger partial charge in [0.15, 0.2) is 0 Å². The van der Waals surface area contributed by atoms with Crippen molar-refractivity contribution in [2.45, 2.75) is 0 Å². The predicted octanol–water partition coefficient (Wildman–Crippen LogP) is 7.89. The number of aromatic nitrogens is 2. The van der Waals surface area contributed by atoms with Crippen molar-refractivity contribution in [2.24, 2.45) is 0 Å². The molecule has 0 saturated carbocycles. The Morgan fingerprint density at radius 3 is 1.91 bits per heavy atom. The van der Waals surface area contributed by atoms with Gasteiger partial charge in [-0.05, 0) is 66.7 Å². The Labute approximate surface area is 191 Å². The Balaban J connectivity index is 1.49. The van der Waals surface area contributed by atoms with E-state index in [9.17, 15) is 4.39 Å². The summed E-state index contributed by atoms with van der Waals surface area (Å²) in [4.78, 5) is 9.73. The molecule has 0 N–H and O–H groups in total. The van der Waals surface area contributed by atoms with Crippen LogP contribution in [0.25, 0.3) is 43.4 Å². The molecule has 3 aromatic carbocycles. The van der Waals surface area contributed by atoms with E-state index in [-0.39, 0.29) is 5.82 Å². The molecule has 0 spiro atoms. The van der Waals surface area contributed by atoms with E-state index in [0.717, 1.165) is 41.6 Å². The van der Waals surface area contributed by atoms with Crippen molar-refractivity contribution < 1.29 is 8.81 Å². The fourth-order valence-electron chi connectivity index (χ4n) is 3.53. The normalized spacial score (nSPS) is 11.3. The summed E-state index contributed by atoms with van der Waals surface area (Å²) in [7, 11) is 0. The van der Waals surface area contributed by atoms with Gasteiger partial charge in [0.1, 0.15) is 27.4 Å². The molecule has 32 heavy (non-hydrogen) atoms. The molecule has 0 aliphatic carbocycles. The topological polar surface area (TPSA) is 38.9 Å². The lowest BCUT2D eigenvalue weighted by Crippen LogP contribution is -1.86. The Morgan fingerprint density at radius 2 is 1.31 bits per heavy atom. The third kappa shape index (κ3) is 3.53. The lowest BCUT2D eigenvalue weighted by Gasteiger charge is -2.00. The first kappa shape index (κ1) is 19.1. The number of thiazole rings is 2. The van der Waals surface area contributed by atoms with E-state index >= 15 is 0 Å². The number of para-hydroxylation sites is 2. The van der Waals surface area contributed by atoms with E-state index in [2.05, 4.69) is 12.1 Å². The van der Waals surface area contributed by atoms with Crippen molar-refractivity contribution in [2.75, 3.05) is 0 Å². The van der Waals surface area contributed by atoms with Crippen LogP contribution < -0.4 is 0 Å². The molecule has 0 unspecified atom stereocenters. The molecular weight excluding hydrogens is 439 g/mol. The Hall–Kier alpha value is -3.61. The first-order valence-electron chi connectivity index (χ1n) is 10.0. The maximum absolute atomic E-state index is 13.3. The van der Waals surface area contributed by atoms with Gasteiger partial charge in [0, 0.05) is 5.56 Å². The summed E-state index contributed by atoms with van der Waals surface area (Å²) in [6, 6.07) is 26.3. The molecule has 154 valence electrons. The van der Waals surface area contributed by atoms with Crippen LogP contribution in [-0.2, 0) is 0 Å². The first-order valence-corrected chi connectivity index (χ1v) is 11.7. The minimum absolute atomic E-state index is 0.269.